The molecule has 0 spiro atoms. The average molecular weight is 318 g/mol. The van der Waals surface area contributed by atoms with Gasteiger partial charge in [-0.3, -0.25) is 4.79 Å². The summed E-state index contributed by atoms with van der Waals surface area (Å²) in [5.74, 6) is -0.0431. The standard InChI is InChI=1S/C12H16BrNO2S/c1-2-14(6-3-7-15)12(16)10-5-4-9(13)8-11(10)17/h4-5,8,15,17H,2-3,6-7H2,1H3. The number of rotatable bonds is 5. The first-order valence-corrected chi connectivity index (χ1v) is 6.72. The van der Waals surface area contributed by atoms with Gasteiger partial charge >= 0.3 is 0 Å². The highest BCUT2D eigenvalue weighted by Gasteiger charge is 2.16. The van der Waals surface area contributed by atoms with Crippen LogP contribution in [-0.4, -0.2) is 35.6 Å². The van der Waals surface area contributed by atoms with Crippen LogP contribution in [0.2, 0.25) is 0 Å². The van der Waals surface area contributed by atoms with E-state index in [-0.39, 0.29) is 12.5 Å². The topological polar surface area (TPSA) is 40.5 Å². The second-order valence-corrected chi connectivity index (χ2v) is 5.02. The first kappa shape index (κ1) is 14.5. The molecule has 5 heteroatoms. The van der Waals surface area contributed by atoms with Crippen LogP contribution in [0.3, 0.4) is 0 Å². The van der Waals surface area contributed by atoms with Crippen LogP contribution in [0.1, 0.15) is 23.7 Å². The van der Waals surface area contributed by atoms with Gasteiger partial charge in [-0.1, -0.05) is 15.9 Å². The van der Waals surface area contributed by atoms with Crippen molar-refractivity contribution in [3.8, 4) is 0 Å². The van der Waals surface area contributed by atoms with E-state index < -0.39 is 0 Å². The van der Waals surface area contributed by atoms with E-state index in [0.717, 1.165) is 4.47 Å². The third-order valence-corrected chi connectivity index (χ3v) is 3.31. The van der Waals surface area contributed by atoms with Crippen LogP contribution in [0.15, 0.2) is 27.6 Å². The second-order valence-electron chi connectivity index (χ2n) is 3.62. The SMILES string of the molecule is CCN(CCCO)C(=O)c1ccc(Br)cc1S. The minimum atomic E-state index is -0.0431. The number of hydrogen-bond acceptors (Lipinski definition) is 3. The second kappa shape index (κ2) is 7.03. The fourth-order valence-electron chi connectivity index (χ4n) is 1.52. The van der Waals surface area contributed by atoms with Crippen LogP contribution >= 0.6 is 28.6 Å². The highest BCUT2D eigenvalue weighted by molar-refractivity contribution is 9.10. The van der Waals surface area contributed by atoms with Crippen LogP contribution in [0.5, 0.6) is 0 Å². The summed E-state index contributed by atoms with van der Waals surface area (Å²) in [5, 5.41) is 8.79. The smallest absolute Gasteiger partial charge is 0.254 e. The molecule has 0 heterocycles. The Labute approximate surface area is 115 Å². The first-order valence-electron chi connectivity index (χ1n) is 5.48. The van der Waals surface area contributed by atoms with Gasteiger partial charge in [0.2, 0.25) is 0 Å². The van der Waals surface area contributed by atoms with Crippen molar-refractivity contribution in [2.45, 2.75) is 18.2 Å². The molecule has 0 saturated carbocycles. The maximum atomic E-state index is 12.2. The lowest BCUT2D eigenvalue weighted by atomic mass is 10.2. The summed E-state index contributed by atoms with van der Waals surface area (Å²) in [7, 11) is 0. The van der Waals surface area contributed by atoms with Gasteiger partial charge in [0.1, 0.15) is 0 Å². The number of amides is 1. The molecule has 17 heavy (non-hydrogen) atoms. The zero-order valence-corrected chi connectivity index (χ0v) is 12.2. The lowest BCUT2D eigenvalue weighted by molar-refractivity contribution is 0.0751. The lowest BCUT2D eigenvalue weighted by Gasteiger charge is -2.21. The molecule has 0 atom stereocenters. The third kappa shape index (κ3) is 4.01. The van der Waals surface area contributed by atoms with E-state index in [9.17, 15) is 4.79 Å². The third-order valence-electron chi connectivity index (χ3n) is 2.45. The Morgan fingerprint density at radius 2 is 2.24 bits per heavy atom. The number of benzene rings is 1. The van der Waals surface area contributed by atoms with Crippen molar-refractivity contribution in [2.24, 2.45) is 0 Å². The summed E-state index contributed by atoms with van der Waals surface area (Å²) in [4.78, 5) is 14.6. The molecule has 0 aliphatic heterocycles. The minimum Gasteiger partial charge on any atom is -0.396 e. The number of halogens is 1. The van der Waals surface area contributed by atoms with Gasteiger partial charge in [0.05, 0.1) is 5.56 Å². The molecular weight excluding hydrogens is 302 g/mol. The van der Waals surface area contributed by atoms with E-state index in [1.165, 1.54) is 0 Å². The molecule has 0 aromatic heterocycles. The molecule has 0 aliphatic rings. The summed E-state index contributed by atoms with van der Waals surface area (Å²) in [6, 6.07) is 5.39. The number of aliphatic hydroxyl groups excluding tert-OH is 1. The lowest BCUT2D eigenvalue weighted by Crippen LogP contribution is -2.32. The predicted octanol–water partition coefficient (Wildman–Crippen LogP) is 2.58. The molecule has 1 N–H and O–H groups in total. The summed E-state index contributed by atoms with van der Waals surface area (Å²) >= 11 is 7.64. The van der Waals surface area contributed by atoms with Crippen LogP contribution < -0.4 is 0 Å². The van der Waals surface area contributed by atoms with Gasteiger partial charge in [0, 0.05) is 29.1 Å². The molecule has 1 aromatic carbocycles. The molecule has 1 amide bonds. The van der Waals surface area contributed by atoms with Gasteiger partial charge in [-0.05, 0) is 31.5 Å². The molecule has 1 aromatic rings. The highest BCUT2D eigenvalue weighted by atomic mass is 79.9. The molecule has 0 radical (unpaired) electrons. The number of carbonyl (C=O) groups is 1. The maximum Gasteiger partial charge on any atom is 0.254 e. The van der Waals surface area contributed by atoms with Gasteiger partial charge in [-0.25, -0.2) is 0 Å². The molecular formula is C12H16BrNO2S. The van der Waals surface area contributed by atoms with Gasteiger partial charge in [-0.2, -0.15) is 0 Å². The van der Waals surface area contributed by atoms with Crippen molar-refractivity contribution >= 4 is 34.5 Å². The highest BCUT2D eigenvalue weighted by Crippen LogP contribution is 2.21. The van der Waals surface area contributed by atoms with E-state index in [0.29, 0.717) is 30.0 Å². The van der Waals surface area contributed by atoms with Crippen molar-refractivity contribution in [1.29, 1.82) is 0 Å². The van der Waals surface area contributed by atoms with Crippen molar-refractivity contribution < 1.29 is 9.90 Å². The van der Waals surface area contributed by atoms with Crippen molar-refractivity contribution in [1.82, 2.24) is 4.90 Å². The fourth-order valence-corrected chi connectivity index (χ4v) is 2.37. The largest absolute Gasteiger partial charge is 0.396 e. The summed E-state index contributed by atoms with van der Waals surface area (Å²) in [5.41, 5.74) is 0.594. The maximum absolute atomic E-state index is 12.2. The van der Waals surface area contributed by atoms with Crippen LogP contribution in [0, 0.1) is 0 Å². The Hall–Kier alpha value is -0.520. The minimum absolute atomic E-state index is 0.0431. The molecule has 1 rings (SSSR count). The van der Waals surface area contributed by atoms with Crippen LogP contribution in [0.4, 0.5) is 0 Å². The molecule has 0 saturated heterocycles. The number of carbonyl (C=O) groups excluding carboxylic acids is 1. The number of aliphatic hydroxyl groups is 1. The normalized spacial score (nSPS) is 10.4. The molecule has 0 aliphatic carbocycles. The van der Waals surface area contributed by atoms with Crippen LogP contribution in [0.25, 0.3) is 0 Å². The summed E-state index contributed by atoms with van der Waals surface area (Å²) in [6.45, 7) is 3.21. The summed E-state index contributed by atoms with van der Waals surface area (Å²) in [6.07, 6.45) is 0.595. The van der Waals surface area contributed by atoms with Gasteiger partial charge in [0.15, 0.2) is 0 Å². The molecule has 94 valence electrons. The Balaban J connectivity index is 2.86. The molecule has 3 nitrogen and oxygen atoms in total. The van der Waals surface area contributed by atoms with Gasteiger partial charge in [0.25, 0.3) is 5.91 Å². The Morgan fingerprint density at radius 3 is 2.76 bits per heavy atom. The van der Waals surface area contributed by atoms with E-state index in [4.69, 9.17) is 5.11 Å². The molecule has 0 unspecified atom stereocenters. The number of thiol groups is 1. The van der Waals surface area contributed by atoms with Crippen molar-refractivity contribution in [3.63, 3.8) is 0 Å². The first-order chi connectivity index (χ1) is 8.10. The van der Waals surface area contributed by atoms with E-state index in [1.807, 2.05) is 13.0 Å². The van der Waals surface area contributed by atoms with E-state index in [2.05, 4.69) is 28.6 Å². The zero-order chi connectivity index (χ0) is 12.8. The Kier molecular flexibility index (Phi) is 6.02. The van der Waals surface area contributed by atoms with Gasteiger partial charge < -0.3 is 10.0 Å². The van der Waals surface area contributed by atoms with Gasteiger partial charge in [-0.15, -0.1) is 12.6 Å². The van der Waals surface area contributed by atoms with Crippen LogP contribution in [-0.2, 0) is 0 Å². The number of nitrogens with zero attached hydrogens (tertiary/aromatic N) is 1. The average Bonchev–Trinajstić information content (AvgIpc) is 2.29. The van der Waals surface area contributed by atoms with E-state index >= 15 is 0 Å². The predicted molar refractivity (Wildman–Crippen MR) is 74.7 cm³/mol. The summed E-state index contributed by atoms with van der Waals surface area (Å²) < 4.78 is 0.900. The quantitative estimate of drug-likeness (QED) is 0.819. The number of hydrogen-bond donors (Lipinski definition) is 2. The molecule has 0 bridgehead atoms. The fraction of sp³-hybridized carbons (Fsp3) is 0.417. The molecule has 0 fully saturated rings. The Bertz CT molecular complexity index is 398. The zero-order valence-electron chi connectivity index (χ0n) is 9.69. The van der Waals surface area contributed by atoms with E-state index in [1.54, 1.807) is 17.0 Å². The Morgan fingerprint density at radius 1 is 1.53 bits per heavy atom. The monoisotopic (exact) mass is 317 g/mol. The van der Waals surface area contributed by atoms with Crippen molar-refractivity contribution in [2.75, 3.05) is 19.7 Å². The van der Waals surface area contributed by atoms with Crippen molar-refractivity contribution in [3.05, 3.63) is 28.2 Å².